The molecule has 0 saturated carbocycles. The highest BCUT2D eigenvalue weighted by Crippen LogP contribution is 2.20. The van der Waals surface area contributed by atoms with E-state index in [4.69, 9.17) is 14.2 Å². The molecule has 0 aliphatic carbocycles. The van der Waals surface area contributed by atoms with Crippen LogP contribution >= 0.6 is 0 Å². The maximum atomic E-state index is 12.1. The van der Waals surface area contributed by atoms with Gasteiger partial charge in [0.05, 0.1) is 18.8 Å². The quantitative estimate of drug-likeness (QED) is 0.271. The molecule has 1 aromatic rings. The molecule has 174 valence electrons. The van der Waals surface area contributed by atoms with Crippen molar-refractivity contribution in [3.05, 3.63) is 35.4 Å². The van der Waals surface area contributed by atoms with Crippen LogP contribution in [0.25, 0.3) is 0 Å². The van der Waals surface area contributed by atoms with Crippen molar-refractivity contribution in [2.24, 2.45) is 5.92 Å². The molecule has 0 radical (unpaired) electrons. The van der Waals surface area contributed by atoms with Gasteiger partial charge in [-0.25, -0.2) is 4.79 Å². The van der Waals surface area contributed by atoms with Gasteiger partial charge in [-0.15, -0.1) is 0 Å². The van der Waals surface area contributed by atoms with Gasteiger partial charge in [-0.1, -0.05) is 19.1 Å². The lowest BCUT2D eigenvalue weighted by molar-refractivity contribution is -0.150. The third-order valence-electron chi connectivity index (χ3n) is 5.12. The van der Waals surface area contributed by atoms with Gasteiger partial charge in [0.1, 0.15) is 11.9 Å². The second-order valence-corrected chi connectivity index (χ2v) is 7.85. The Morgan fingerprint density at radius 2 is 1.61 bits per heavy atom. The lowest BCUT2D eigenvalue weighted by atomic mass is 9.91. The van der Waals surface area contributed by atoms with Gasteiger partial charge in [0.25, 0.3) is 0 Å². The molecule has 1 aromatic carbocycles. The first kappa shape index (κ1) is 26.8. The largest absolute Gasteiger partial charge is 0.462 e. The number of benzene rings is 1. The van der Waals surface area contributed by atoms with Crippen molar-refractivity contribution in [1.82, 2.24) is 0 Å². The topological polar surface area (TPSA) is 78.9 Å². The zero-order valence-corrected chi connectivity index (χ0v) is 19.5. The second-order valence-electron chi connectivity index (χ2n) is 7.85. The number of esters is 2. The number of carbonyl (C=O) groups is 3. The van der Waals surface area contributed by atoms with Crippen LogP contribution < -0.4 is 0 Å². The van der Waals surface area contributed by atoms with Crippen molar-refractivity contribution in [2.45, 2.75) is 78.7 Å². The van der Waals surface area contributed by atoms with Crippen molar-refractivity contribution in [2.75, 3.05) is 19.8 Å². The van der Waals surface area contributed by atoms with Crippen molar-refractivity contribution in [3.8, 4) is 0 Å². The van der Waals surface area contributed by atoms with Crippen LogP contribution in [-0.2, 0) is 30.2 Å². The molecule has 6 heteroatoms. The second kappa shape index (κ2) is 15.6. The summed E-state index contributed by atoms with van der Waals surface area (Å²) < 4.78 is 15.9. The molecule has 0 heterocycles. The molecule has 1 rings (SSSR count). The summed E-state index contributed by atoms with van der Waals surface area (Å²) in [5.41, 5.74) is 1.69. The molecule has 0 aromatic heterocycles. The Morgan fingerprint density at radius 3 is 2.19 bits per heavy atom. The summed E-state index contributed by atoms with van der Waals surface area (Å²) in [6.45, 7) is 8.29. The lowest BCUT2D eigenvalue weighted by Gasteiger charge is -2.19. The first-order chi connectivity index (χ1) is 14.9. The Morgan fingerprint density at radius 1 is 0.935 bits per heavy atom. The van der Waals surface area contributed by atoms with Crippen molar-refractivity contribution in [3.63, 3.8) is 0 Å². The van der Waals surface area contributed by atoms with E-state index in [1.165, 1.54) is 6.92 Å². The number of hydrogen-bond acceptors (Lipinski definition) is 6. The maximum absolute atomic E-state index is 12.1. The maximum Gasteiger partial charge on any atom is 0.338 e. The highest BCUT2D eigenvalue weighted by Gasteiger charge is 2.17. The standard InChI is InChI=1S/C25H38O6/c1-5-17-29-18-24(31-20(4)27)12-8-11-22(19(3)26)10-7-9-21-13-15-23(16-14-21)25(28)30-6-2/h13-16,22,24H,5-12,17-18H2,1-4H3. The highest BCUT2D eigenvalue weighted by molar-refractivity contribution is 5.89. The van der Waals surface area contributed by atoms with E-state index in [0.29, 0.717) is 31.8 Å². The Hall–Kier alpha value is -2.21. The van der Waals surface area contributed by atoms with Crippen LogP contribution in [0.3, 0.4) is 0 Å². The molecule has 2 atom stereocenters. The fourth-order valence-corrected chi connectivity index (χ4v) is 3.49. The van der Waals surface area contributed by atoms with E-state index in [0.717, 1.165) is 44.1 Å². The molecule has 0 bridgehead atoms. The Balaban J connectivity index is 2.43. The van der Waals surface area contributed by atoms with Gasteiger partial charge < -0.3 is 14.2 Å². The number of rotatable bonds is 16. The molecule has 0 N–H and O–H groups in total. The van der Waals surface area contributed by atoms with Gasteiger partial charge in [0, 0.05) is 19.4 Å². The molecule has 2 unspecified atom stereocenters. The summed E-state index contributed by atoms with van der Waals surface area (Å²) in [6.07, 6.45) is 5.53. The number of ketones is 1. The van der Waals surface area contributed by atoms with Crippen LogP contribution in [0, 0.1) is 5.92 Å². The minimum Gasteiger partial charge on any atom is -0.462 e. The zero-order chi connectivity index (χ0) is 23.1. The Kier molecular flexibility index (Phi) is 13.5. The number of aryl methyl sites for hydroxylation is 1. The third kappa shape index (κ3) is 11.7. The molecule has 31 heavy (non-hydrogen) atoms. The number of carbonyl (C=O) groups excluding carboxylic acids is 3. The summed E-state index contributed by atoms with van der Waals surface area (Å²) >= 11 is 0. The average Bonchev–Trinajstić information content (AvgIpc) is 2.72. The summed E-state index contributed by atoms with van der Waals surface area (Å²) in [5, 5.41) is 0. The summed E-state index contributed by atoms with van der Waals surface area (Å²) in [6, 6.07) is 7.45. The van der Waals surface area contributed by atoms with Crippen LogP contribution in [0.4, 0.5) is 0 Å². The average molecular weight is 435 g/mol. The van der Waals surface area contributed by atoms with Crippen molar-refractivity contribution < 1.29 is 28.6 Å². The Labute approximate surface area is 186 Å². The van der Waals surface area contributed by atoms with E-state index in [1.807, 2.05) is 19.1 Å². The van der Waals surface area contributed by atoms with Crippen LogP contribution in [0.15, 0.2) is 24.3 Å². The first-order valence-corrected chi connectivity index (χ1v) is 11.4. The predicted octanol–water partition coefficient (Wildman–Crippen LogP) is 4.92. The summed E-state index contributed by atoms with van der Waals surface area (Å²) in [7, 11) is 0. The number of ether oxygens (including phenoxy) is 3. The summed E-state index contributed by atoms with van der Waals surface area (Å²) in [4.78, 5) is 35.1. The van der Waals surface area contributed by atoms with Gasteiger partial charge in [0.15, 0.2) is 0 Å². The Bertz CT molecular complexity index is 667. The molecular weight excluding hydrogens is 396 g/mol. The number of hydrogen-bond donors (Lipinski definition) is 0. The monoisotopic (exact) mass is 434 g/mol. The third-order valence-corrected chi connectivity index (χ3v) is 5.12. The minimum atomic E-state index is -0.308. The van der Waals surface area contributed by atoms with E-state index in [1.54, 1.807) is 26.0 Å². The van der Waals surface area contributed by atoms with Crippen molar-refractivity contribution in [1.29, 1.82) is 0 Å². The molecule has 0 saturated heterocycles. The van der Waals surface area contributed by atoms with Crippen LogP contribution in [0.5, 0.6) is 0 Å². The van der Waals surface area contributed by atoms with Gasteiger partial charge in [-0.2, -0.15) is 0 Å². The minimum absolute atomic E-state index is 0.00773. The molecule has 0 aliphatic rings. The number of Topliss-reactive ketones (excluding diaryl/α,β-unsaturated/α-hetero) is 1. The molecular formula is C25H38O6. The molecule has 6 nitrogen and oxygen atoms in total. The summed E-state index contributed by atoms with van der Waals surface area (Å²) in [5.74, 6) is -0.405. The lowest BCUT2D eigenvalue weighted by Crippen LogP contribution is -2.23. The van der Waals surface area contributed by atoms with Gasteiger partial charge in [0.2, 0.25) is 0 Å². The van der Waals surface area contributed by atoms with E-state index in [9.17, 15) is 14.4 Å². The van der Waals surface area contributed by atoms with E-state index in [-0.39, 0.29) is 29.7 Å². The van der Waals surface area contributed by atoms with Crippen molar-refractivity contribution >= 4 is 17.7 Å². The van der Waals surface area contributed by atoms with E-state index >= 15 is 0 Å². The zero-order valence-electron chi connectivity index (χ0n) is 19.5. The highest BCUT2D eigenvalue weighted by atomic mass is 16.6. The van der Waals surface area contributed by atoms with Crippen LogP contribution in [-0.4, -0.2) is 43.6 Å². The van der Waals surface area contributed by atoms with Crippen LogP contribution in [0.2, 0.25) is 0 Å². The molecule has 0 amide bonds. The van der Waals surface area contributed by atoms with Gasteiger partial charge >= 0.3 is 11.9 Å². The first-order valence-electron chi connectivity index (χ1n) is 11.4. The predicted molar refractivity (Wildman–Crippen MR) is 120 cm³/mol. The van der Waals surface area contributed by atoms with Gasteiger partial charge in [-0.05, 0) is 76.5 Å². The van der Waals surface area contributed by atoms with Gasteiger partial charge in [-0.3, -0.25) is 9.59 Å². The fraction of sp³-hybridized carbons (Fsp3) is 0.640. The van der Waals surface area contributed by atoms with E-state index < -0.39 is 0 Å². The van der Waals surface area contributed by atoms with Crippen LogP contribution in [0.1, 0.15) is 82.1 Å². The molecule has 0 aliphatic heterocycles. The SMILES string of the molecule is CCCOCC(CCCC(CCCc1ccc(C(=O)OCC)cc1)C(C)=O)OC(C)=O. The molecule has 0 spiro atoms. The smallest absolute Gasteiger partial charge is 0.338 e. The fourth-order valence-electron chi connectivity index (χ4n) is 3.49. The molecule has 0 fully saturated rings. The normalized spacial score (nSPS) is 12.8. The van der Waals surface area contributed by atoms with E-state index in [2.05, 4.69) is 0 Å².